The van der Waals surface area contributed by atoms with Gasteiger partial charge in [-0.1, -0.05) is 45.0 Å². The van der Waals surface area contributed by atoms with Crippen LogP contribution in [0.15, 0.2) is 66.4 Å². The summed E-state index contributed by atoms with van der Waals surface area (Å²) in [5.41, 5.74) is 11.2. The number of nitrogens with one attached hydrogen (secondary N) is 2. The molecule has 4 fully saturated rings. The number of rotatable bonds is 12. The lowest BCUT2D eigenvalue weighted by Gasteiger charge is -2.42. The SMILES string of the molecule is Cc1ncsc1-c1ccc(CNC(=O)[C@@H]2C[C@@H](O)CN2C(=O)[C@@H](NC(=O)[C@H]2CC[C@H](c3cnc(N4C5CCC4CN(c4cc(-c6ccccc6O)nnc4N)C5)nc3)CC2)C(C)(C)C)c(OC(F)(F)F)c1. The van der Waals surface area contributed by atoms with Gasteiger partial charge in [-0.2, -0.15) is 0 Å². The number of nitrogen functional groups attached to an aromatic ring is 1. The van der Waals surface area contributed by atoms with Gasteiger partial charge in [-0.05, 0) is 92.2 Å². The summed E-state index contributed by atoms with van der Waals surface area (Å²) in [4.78, 5) is 62.4. The Morgan fingerprint density at radius 1 is 0.915 bits per heavy atom. The second kappa shape index (κ2) is 19.9. The highest BCUT2D eigenvalue weighted by Gasteiger charge is 2.46. The van der Waals surface area contributed by atoms with Crippen molar-refractivity contribution in [1.82, 2.24) is 40.7 Å². The van der Waals surface area contributed by atoms with E-state index in [4.69, 9.17) is 15.7 Å². The molecule has 5 atom stereocenters. The zero-order valence-electron chi connectivity index (χ0n) is 39.9. The second-order valence-electron chi connectivity index (χ2n) is 20.1. The number of carbonyl (C=O) groups excluding carboxylic acids is 3. The van der Waals surface area contributed by atoms with E-state index < -0.39 is 47.5 Å². The molecular weight excluding hydrogens is 940 g/mol. The summed E-state index contributed by atoms with van der Waals surface area (Å²) >= 11 is 1.27. The number of piperazine rings is 1. The molecule has 17 nitrogen and oxygen atoms in total. The van der Waals surface area contributed by atoms with Crippen LogP contribution in [-0.4, -0.2) is 114 Å². The third-order valence-corrected chi connectivity index (χ3v) is 15.3. The molecule has 4 aliphatic rings. The van der Waals surface area contributed by atoms with E-state index in [0.29, 0.717) is 77.9 Å². The number of hydrogen-bond acceptors (Lipinski definition) is 15. The number of aryl methyl sites for hydroxylation is 1. The summed E-state index contributed by atoms with van der Waals surface area (Å²) in [5.74, 6) is -1.06. The van der Waals surface area contributed by atoms with Gasteiger partial charge >= 0.3 is 6.36 Å². The molecule has 2 bridgehead atoms. The van der Waals surface area contributed by atoms with Crippen molar-refractivity contribution in [2.24, 2.45) is 11.3 Å². The Kier molecular flexibility index (Phi) is 13.8. The van der Waals surface area contributed by atoms with Gasteiger partial charge in [0.25, 0.3) is 0 Å². The largest absolute Gasteiger partial charge is 0.573 e. The van der Waals surface area contributed by atoms with Crippen molar-refractivity contribution in [2.45, 2.75) is 122 Å². The number of carbonyl (C=O) groups is 3. The van der Waals surface area contributed by atoms with Gasteiger partial charge in [0.15, 0.2) is 5.82 Å². The second-order valence-corrected chi connectivity index (χ2v) is 21.0. The standard InChI is InChI=1S/C50H58F3N11O6S/c1-27-42(71-26-58-27)30-13-14-31(41(17-30)70-50(51,52)53)20-55-46(68)39-18-35(65)25-63(39)47(69)43(49(2,3)4)59-45(67)29-11-9-28(10-12-29)32-21-56-48(57-22-32)64-33-15-16-34(64)24-62(23-33)38-19-37(60-61-44(38)54)36-7-5-6-8-40(36)66/h5-8,13-14,17,19,21-22,26,28-29,33-35,39,43,65-66H,9-12,15-16,18,20,23-25H2,1-4H3,(H2,54,61)(H,55,68)(H,59,67)/t28-,29-,33?,34?,35-,39+,43-/m1/s1. The van der Waals surface area contributed by atoms with Gasteiger partial charge in [-0.3, -0.25) is 14.4 Å². The van der Waals surface area contributed by atoms with Gasteiger partial charge in [0.05, 0.1) is 33.6 Å². The number of para-hydroxylation sites is 1. The maximum Gasteiger partial charge on any atom is 0.573 e. The third kappa shape index (κ3) is 10.7. The van der Waals surface area contributed by atoms with Crippen LogP contribution in [0.1, 0.15) is 88.5 Å². The molecule has 6 N–H and O–H groups in total. The number of likely N-dealkylation sites (tertiary alicyclic amines) is 1. The minimum Gasteiger partial charge on any atom is -0.507 e. The van der Waals surface area contributed by atoms with Gasteiger partial charge in [0, 0.05) is 74.1 Å². The maximum atomic E-state index is 14.4. The number of aromatic nitrogens is 5. The molecule has 3 aliphatic heterocycles. The quantitative estimate of drug-likeness (QED) is 0.0901. The number of ether oxygens (including phenoxy) is 1. The van der Waals surface area contributed by atoms with Crippen molar-refractivity contribution in [2.75, 3.05) is 35.2 Å². The summed E-state index contributed by atoms with van der Waals surface area (Å²) in [6.07, 6.45) is 2.19. The van der Waals surface area contributed by atoms with E-state index in [0.717, 1.165) is 24.1 Å². The number of phenols is 1. The molecule has 1 aliphatic carbocycles. The summed E-state index contributed by atoms with van der Waals surface area (Å²) in [6.45, 7) is 8.07. The Morgan fingerprint density at radius 2 is 1.62 bits per heavy atom. The number of aliphatic hydroxyl groups is 1. The third-order valence-electron chi connectivity index (χ3n) is 14.3. The minimum absolute atomic E-state index is 0.0586. The number of β-amino-alcohol motifs (C(OH)–C–C–N with tert-alkyl or cyclic N) is 1. The number of nitrogens with zero attached hydrogens (tertiary/aromatic N) is 8. The summed E-state index contributed by atoms with van der Waals surface area (Å²) in [6, 6.07) is 11.3. The van der Waals surface area contributed by atoms with Crippen LogP contribution in [0.4, 0.5) is 30.6 Å². The Balaban J connectivity index is 0.796. The molecule has 3 aromatic heterocycles. The van der Waals surface area contributed by atoms with Crippen LogP contribution in [0.3, 0.4) is 0 Å². The number of fused-ring (bicyclic) bond motifs is 2. The van der Waals surface area contributed by atoms with Crippen LogP contribution in [0.25, 0.3) is 21.7 Å². The molecule has 0 spiro atoms. The van der Waals surface area contributed by atoms with E-state index in [1.807, 2.05) is 45.3 Å². The number of aliphatic hydroxyl groups excluding tert-OH is 1. The van der Waals surface area contributed by atoms with Gasteiger partial charge in [-0.15, -0.1) is 34.7 Å². The van der Waals surface area contributed by atoms with E-state index in [2.05, 4.69) is 40.4 Å². The van der Waals surface area contributed by atoms with Crippen molar-refractivity contribution in [1.29, 1.82) is 0 Å². The molecule has 3 amide bonds. The predicted octanol–water partition coefficient (Wildman–Crippen LogP) is 6.49. The zero-order valence-corrected chi connectivity index (χ0v) is 40.7. The topological polar surface area (TPSA) is 225 Å². The van der Waals surface area contributed by atoms with Crippen LogP contribution in [-0.2, 0) is 20.9 Å². The fourth-order valence-corrected chi connectivity index (χ4v) is 11.4. The maximum absolute atomic E-state index is 14.4. The number of phenolic OH excluding ortho intramolecular Hbond substituents is 1. The number of hydrogen-bond donors (Lipinski definition) is 5. The first kappa shape index (κ1) is 49.4. The molecule has 376 valence electrons. The molecule has 3 saturated heterocycles. The number of nitrogens with two attached hydrogens (primary N) is 1. The highest BCUT2D eigenvalue weighted by Crippen LogP contribution is 2.41. The van der Waals surface area contributed by atoms with Crippen molar-refractivity contribution < 1.29 is 42.5 Å². The average molecular weight is 998 g/mol. The van der Waals surface area contributed by atoms with Crippen LogP contribution in [0.5, 0.6) is 11.5 Å². The number of halogens is 3. The number of alkyl halides is 3. The van der Waals surface area contributed by atoms with Gasteiger partial charge < -0.3 is 46.0 Å². The van der Waals surface area contributed by atoms with Crippen molar-refractivity contribution in [3.63, 3.8) is 0 Å². The Bertz CT molecular complexity index is 2750. The van der Waals surface area contributed by atoms with Crippen molar-refractivity contribution in [3.05, 3.63) is 83.3 Å². The van der Waals surface area contributed by atoms with Gasteiger partial charge in [0.2, 0.25) is 23.7 Å². The van der Waals surface area contributed by atoms with Crippen LogP contribution in [0, 0.1) is 18.3 Å². The first-order valence-corrected chi connectivity index (χ1v) is 24.8. The Hall–Kier alpha value is -6.61. The highest BCUT2D eigenvalue weighted by molar-refractivity contribution is 7.13. The van der Waals surface area contributed by atoms with Crippen molar-refractivity contribution >= 4 is 46.5 Å². The molecule has 6 heterocycles. The number of benzene rings is 2. The molecule has 21 heteroatoms. The molecule has 2 unspecified atom stereocenters. The van der Waals surface area contributed by atoms with Crippen LogP contribution < -0.4 is 30.9 Å². The smallest absolute Gasteiger partial charge is 0.507 e. The summed E-state index contributed by atoms with van der Waals surface area (Å²) in [5, 5.41) is 35.3. The van der Waals surface area contributed by atoms with Crippen molar-refractivity contribution in [3.8, 4) is 33.2 Å². The fraction of sp³-hybridized carbons (Fsp3) is 0.480. The highest BCUT2D eigenvalue weighted by atomic mass is 32.1. The molecule has 2 aromatic carbocycles. The first-order chi connectivity index (χ1) is 33.8. The molecule has 1 saturated carbocycles. The zero-order chi connectivity index (χ0) is 50.4. The summed E-state index contributed by atoms with van der Waals surface area (Å²) in [7, 11) is 0. The predicted molar refractivity (Wildman–Crippen MR) is 260 cm³/mol. The molecule has 5 aromatic rings. The fourth-order valence-electron chi connectivity index (χ4n) is 10.6. The van der Waals surface area contributed by atoms with E-state index in [1.54, 1.807) is 36.7 Å². The Morgan fingerprint density at radius 3 is 2.27 bits per heavy atom. The Labute approximate surface area is 413 Å². The number of amides is 3. The number of aromatic hydroxyl groups is 1. The lowest BCUT2D eigenvalue weighted by molar-refractivity contribution is -0.274. The van der Waals surface area contributed by atoms with Crippen LogP contribution >= 0.6 is 11.3 Å². The molecular formula is C50H58F3N11O6S. The van der Waals surface area contributed by atoms with E-state index >= 15 is 0 Å². The van der Waals surface area contributed by atoms with Gasteiger partial charge in [-0.25, -0.2) is 15.0 Å². The van der Waals surface area contributed by atoms with E-state index in [9.17, 15) is 37.8 Å². The number of thiazole rings is 1. The lowest BCUT2D eigenvalue weighted by Crippen LogP contribution is -2.58. The van der Waals surface area contributed by atoms with E-state index in [-0.39, 0.29) is 60.6 Å². The monoisotopic (exact) mass is 997 g/mol. The molecule has 9 rings (SSSR count). The lowest BCUT2D eigenvalue weighted by atomic mass is 9.78. The van der Waals surface area contributed by atoms with Crippen LogP contribution in [0.2, 0.25) is 0 Å². The first-order valence-electron chi connectivity index (χ1n) is 23.9. The minimum atomic E-state index is -4.99. The molecule has 71 heavy (non-hydrogen) atoms. The van der Waals surface area contributed by atoms with Gasteiger partial charge in [0.1, 0.15) is 23.6 Å². The average Bonchev–Trinajstić information content (AvgIpc) is 4.03. The number of anilines is 3. The van der Waals surface area contributed by atoms with E-state index in [1.165, 1.54) is 28.4 Å². The summed E-state index contributed by atoms with van der Waals surface area (Å²) < 4.78 is 44.9. The normalized spacial score (nSPS) is 22.8. The molecule has 0 radical (unpaired) electrons.